The van der Waals surface area contributed by atoms with E-state index in [0.29, 0.717) is 17.1 Å². The predicted molar refractivity (Wildman–Crippen MR) is 103 cm³/mol. The summed E-state index contributed by atoms with van der Waals surface area (Å²) in [7, 11) is -3.59. The van der Waals surface area contributed by atoms with Crippen LogP contribution in [0.3, 0.4) is 0 Å². The molecule has 2 aromatic carbocycles. The van der Waals surface area contributed by atoms with Crippen LogP contribution in [0.15, 0.2) is 48.5 Å². The quantitative estimate of drug-likeness (QED) is 0.661. The molecule has 0 bridgehead atoms. The van der Waals surface area contributed by atoms with E-state index in [0.717, 1.165) is 5.56 Å². The summed E-state index contributed by atoms with van der Waals surface area (Å²) in [5.41, 5.74) is 1.28. The summed E-state index contributed by atoms with van der Waals surface area (Å²) < 4.78 is 28.3. The number of benzene rings is 2. The normalized spacial score (nSPS) is 11.4. The lowest BCUT2D eigenvalue weighted by atomic mass is 10.1. The first-order chi connectivity index (χ1) is 12.2. The van der Waals surface area contributed by atoms with E-state index in [-0.39, 0.29) is 23.5 Å². The number of rotatable bonds is 7. The number of hydrogen-bond acceptors (Lipinski definition) is 4. The van der Waals surface area contributed by atoms with Crippen LogP contribution in [0.5, 0.6) is 5.75 Å². The molecule has 0 fully saturated rings. The third kappa shape index (κ3) is 5.47. The first-order valence-corrected chi connectivity index (χ1v) is 10.2. The highest BCUT2D eigenvalue weighted by Gasteiger charge is 2.20. The van der Waals surface area contributed by atoms with Gasteiger partial charge in [-0.3, -0.25) is 4.79 Å². The topological polar surface area (TPSA) is 63.7 Å². The summed E-state index contributed by atoms with van der Waals surface area (Å²) in [6.07, 6.45) is 0. The Kier molecular flexibility index (Phi) is 6.67. The van der Waals surface area contributed by atoms with Gasteiger partial charge in [-0.25, -0.2) is 0 Å². The largest absolute Gasteiger partial charge is 0.382 e. The standard InChI is InChI=1S/C19H22ClNO4S/c1-4-26(23,24)25-18-10-5-7-15(11-18)13-21(14(2)3)19(22)16-8-6-9-17(20)12-16/h5-12,14H,4,13H2,1-3H3. The maximum atomic E-state index is 12.8. The Morgan fingerprint density at radius 2 is 1.85 bits per heavy atom. The fourth-order valence-corrected chi connectivity index (χ4v) is 3.08. The minimum Gasteiger partial charge on any atom is -0.382 e. The van der Waals surface area contributed by atoms with Gasteiger partial charge in [0.1, 0.15) is 5.75 Å². The minimum atomic E-state index is -3.59. The summed E-state index contributed by atoms with van der Waals surface area (Å²) in [5.74, 6) is -0.0129. The molecular formula is C19H22ClNO4S. The van der Waals surface area contributed by atoms with Crippen LogP contribution in [0.1, 0.15) is 36.7 Å². The lowest BCUT2D eigenvalue weighted by molar-refractivity contribution is 0.0690. The zero-order valence-corrected chi connectivity index (χ0v) is 16.5. The lowest BCUT2D eigenvalue weighted by Crippen LogP contribution is -2.36. The number of carbonyl (C=O) groups excluding carboxylic acids is 1. The molecule has 0 aromatic heterocycles. The van der Waals surface area contributed by atoms with Crippen LogP contribution in [-0.4, -0.2) is 31.0 Å². The second-order valence-electron chi connectivity index (χ2n) is 6.11. The van der Waals surface area contributed by atoms with Gasteiger partial charge in [-0.05, 0) is 56.7 Å². The van der Waals surface area contributed by atoms with E-state index in [9.17, 15) is 13.2 Å². The highest BCUT2D eigenvalue weighted by molar-refractivity contribution is 7.87. The van der Waals surface area contributed by atoms with Crippen molar-refractivity contribution in [2.24, 2.45) is 0 Å². The number of carbonyl (C=O) groups is 1. The van der Waals surface area contributed by atoms with Crippen LogP contribution in [-0.2, 0) is 16.7 Å². The van der Waals surface area contributed by atoms with Gasteiger partial charge in [0.05, 0.1) is 5.75 Å². The summed E-state index contributed by atoms with van der Waals surface area (Å²) >= 11 is 5.99. The zero-order chi connectivity index (χ0) is 19.3. The van der Waals surface area contributed by atoms with Gasteiger partial charge in [0.2, 0.25) is 0 Å². The fourth-order valence-electron chi connectivity index (χ4n) is 2.37. The molecular weight excluding hydrogens is 374 g/mol. The SMILES string of the molecule is CCS(=O)(=O)Oc1cccc(CN(C(=O)c2cccc(Cl)c2)C(C)C)c1. The van der Waals surface area contributed by atoms with Gasteiger partial charge in [0.25, 0.3) is 5.91 Å². The summed E-state index contributed by atoms with van der Waals surface area (Å²) in [6.45, 7) is 5.68. The molecule has 0 saturated heterocycles. The second kappa shape index (κ2) is 8.56. The average molecular weight is 396 g/mol. The van der Waals surface area contributed by atoms with Gasteiger partial charge in [-0.1, -0.05) is 29.8 Å². The van der Waals surface area contributed by atoms with Gasteiger partial charge >= 0.3 is 10.1 Å². The molecule has 0 unspecified atom stereocenters. The van der Waals surface area contributed by atoms with Crippen molar-refractivity contribution in [2.75, 3.05) is 5.75 Å². The Bertz CT molecular complexity index is 881. The number of nitrogens with zero attached hydrogens (tertiary/aromatic N) is 1. The smallest absolute Gasteiger partial charge is 0.308 e. The Morgan fingerprint density at radius 1 is 1.15 bits per heavy atom. The molecule has 1 amide bonds. The number of amides is 1. The molecule has 0 spiro atoms. The molecule has 26 heavy (non-hydrogen) atoms. The van der Waals surface area contributed by atoms with Crippen molar-refractivity contribution in [1.29, 1.82) is 0 Å². The number of hydrogen-bond donors (Lipinski definition) is 0. The molecule has 0 radical (unpaired) electrons. The Labute approximate surface area is 159 Å². The highest BCUT2D eigenvalue weighted by Crippen LogP contribution is 2.20. The first kappa shape index (κ1) is 20.3. The molecule has 2 rings (SSSR count). The molecule has 7 heteroatoms. The van der Waals surface area contributed by atoms with Gasteiger partial charge in [0, 0.05) is 23.2 Å². The van der Waals surface area contributed by atoms with Crippen LogP contribution in [0.25, 0.3) is 0 Å². The van der Waals surface area contributed by atoms with Crippen molar-refractivity contribution >= 4 is 27.6 Å². The molecule has 140 valence electrons. The van der Waals surface area contributed by atoms with Gasteiger partial charge in [-0.15, -0.1) is 0 Å². The highest BCUT2D eigenvalue weighted by atomic mass is 35.5. The number of halogens is 1. The van der Waals surface area contributed by atoms with Crippen LogP contribution in [0.4, 0.5) is 0 Å². The molecule has 0 aliphatic carbocycles. The summed E-state index contributed by atoms with van der Waals surface area (Å²) in [4.78, 5) is 14.5. The van der Waals surface area contributed by atoms with Crippen molar-refractivity contribution in [3.8, 4) is 5.75 Å². The van der Waals surface area contributed by atoms with E-state index in [1.165, 1.54) is 6.92 Å². The Morgan fingerprint density at radius 3 is 2.46 bits per heavy atom. The molecule has 0 atom stereocenters. The Hall–Kier alpha value is -2.05. The fraction of sp³-hybridized carbons (Fsp3) is 0.316. The molecule has 0 saturated carbocycles. The molecule has 0 aliphatic heterocycles. The van der Waals surface area contributed by atoms with Crippen molar-refractivity contribution in [2.45, 2.75) is 33.4 Å². The first-order valence-electron chi connectivity index (χ1n) is 8.29. The molecule has 0 heterocycles. The summed E-state index contributed by atoms with van der Waals surface area (Å²) in [5, 5.41) is 0.500. The third-order valence-electron chi connectivity index (χ3n) is 3.78. The van der Waals surface area contributed by atoms with Crippen LogP contribution in [0.2, 0.25) is 5.02 Å². The van der Waals surface area contributed by atoms with Crippen molar-refractivity contribution in [3.63, 3.8) is 0 Å². The monoisotopic (exact) mass is 395 g/mol. The predicted octanol–water partition coefficient (Wildman–Crippen LogP) is 4.12. The van der Waals surface area contributed by atoms with Crippen LogP contribution < -0.4 is 4.18 Å². The molecule has 0 N–H and O–H groups in total. The zero-order valence-electron chi connectivity index (χ0n) is 15.0. The van der Waals surface area contributed by atoms with Crippen LogP contribution >= 0.6 is 11.6 Å². The van der Waals surface area contributed by atoms with Crippen molar-refractivity contribution < 1.29 is 17.4 Å². The van der Waals surface area contributed by atoms with Crippen molar-refractivity contribution in [3.05, 3.63) is 64.7 Å². The average Bonchev–Trinajstić information content (AvgIpc) is 2.59. The van der Waals surface area contributed by atoms with E-state index in [2.05, 4.69) is 0 Å². The second-order valence-corrected chi connectivity index (χ2v) is 8.41. The van der Waals surface area contributed by atoms with E-state index in [1.54, 1.807) is 47.4 Å². The minimum absolute atomic E-state index is 0.0505. The van der Waals surface area contributed by atoms with Gasteiger partial charge in [-0.2, -0.15) is 8.42 Å². The maximum absolute atomic E-state index is 12.8. The molecule has 5 nitrogen and oxygen atoms in total. The van der Waals surface area contributed by atoms with E-state index < -0.39 is 10.1 Å². The van der Waals surface area contributed by atoms with Crippen molar-refractivity contribution in [1.82, 2.24) is 4.90 Å². The lowest BCUT2D eigenvalue weighted by Gasteiger charge is -2.27. The van der Waals surface area contributed by atoms with Crippen LogP contribution in [0, 0.1) is 0 Å². The van der Waals surface area contributed by atoms with E-state index in [4.69, 9.17) is 15.8 Å². The Balaban J connectivity index is 2.24. The molecule has 0 aliphatic rings. The molecule has 2 aromatic rings. The summed E-state index contributed by atoms with van der Waals surface area (Å²) in [6, 6.07) is 13.5. The maximum Gasteiger partial charge on any atom is 0.308 e. The third-order valence-corrected chi connectivity index (χ3v) is 5.17. The van der Waals surface area contributed by atoms with Gasteiger partial charge < -0.3 is 9.08 Å². The van der Waals surface area contributed by atoms with E-state index in [1.807, 2.05) is 19.9 Å². The van der Waals surface area contributed by atoms with E-state index >= 15 is 0 Å². The van der Waals surface area contributed by atoms with Gasteiger partial charge in [0.15, 0.2) is 0 Å².